The van der Waals surface area contributed by atoms with E-state index in [1.165, 1.54) is 16.4 Å². The minimum Gasteiger partial charge on any atom is -0.271 e. The molecule has 1 aromatic rings. The maximum absolute atomic E-state index is 11.2. The topological polar surface area (TPSA) is 47.8 Å². The molecule has 0 spiro atoms. The second-order valence-electron chi connectivity index (χ2n) is 3.07. The summed E-state index contributed by atoms with van der Waals surface area (Å²) in [5, 5.41) is 4.78. The number of hydrogen-bond donors (Lipinski definition) is 0. The Morgan fingerprint density at radius 2 is 2.38 bits per heavy atom. The van der Waals surface area contributed by atoms with Crippen LogP contribution in [0.4, 0.5) is 0 Å². The maximum atomic E-state index is 11.2. The summed E-state index contributed by atoms with van der Waals surface area (Å²) in [6.45, 7) is 3.95. The van der Waals surface area contributed by atoms with E-state index in [2.05, 4.69) is 10.1 Å². The van der Waals surface area contributed by atoms with Gasteiger partial charge in [-0.15, -0.1) is 5.10 Å². The van der Waals surface area contributed by atoms with Crippen molar-refractivity contribution in [2.75, 3.05) is 5.75 Å². The minimum atomic E-state index is 0.0147. The molecule has 0 saturated carbocycles. The molecule has 2 heterocycles. The van der Waals surface area contributed by atoms with Gasteiger partial charge in [0.2, 0.25) is 0 Å². The first-order valence-electron chi connectivity index (χ1n) is 3.95. The molecular formula is C8H9N3OS. The first kappa shape index (κ1) is 8.50. The summed E-state index contributed by atoms with van der Waals surface area (Å²) >= 11 is 1.43. The van der Waals surface area contributed by atoms with Crippen molar-refractivity contribution in [3.05, 3.63) is 11.4 Å². The van der Waals surface area contributed by atoms with Crippen molar-refractivity contribution in [2.24, 2.45) is 0 Å². The summed E-state index contributed by atoms with van der Waals surface area (Å²) in [6, 6.07) is 0. The molecule has 13 heavy (non-hydrogen) atoms. The average molecular weight is 195 g/mol. The Morgan fingerprint density at radius 3 is 3.00 bits per heavy atom. The number of nitrogens with zero attached hydrogens (tertiary/aromatic N) is 3. The van der Waals surface area contributed by atoms with Crippen LogP contribution in [0.15, 0.2) is 10.7 Å². The second kappa shape index (κ2) is 2.99. The lowest BCUT2D eigenvalue weighted by molar-refractivity contribution is 0.0923. The van der Waals surface area contributed by atoms with E-state index in [-0.39, 0.29) is 5.91 Å². The van der Waals surface area contributed by atoms with Crippen LogP contribution < -0.4 is 0 Å². The summed E-state index contributed by atoms with van der Waals surface area (Å²) in [7, 11) is 0. The lowest BCUT2D eigenvalue weighted by Gasteiger charge is -1.87. The zero-order valence-corrected chi connectivity index (χ0v) is 8.26. The standard InChI is InChI=1S/C8H9N3OS/c1-5(2)3-6-9-8-11(10-6)7(12)4-13-8/h3H,4H2,1-2H3. The maximum Gasteiger partial charge on any atom is 0.259 e. The summed E-state index contributed by atoms with van der Waals surface area (Å²) in [4.78, 5) is 15.4. The molecule has 1 aromatic heterocycles. The van der Waals surface area contributed by atoms with Crippen molar-refractivity contribution in [1.29, 1.82) is 0 Å². The molecule has 4 nitrogen and oxygen atoms in total. The molecule has 2 rings (SSSR count). The van der Waals surface area contributed by atoms with Crippen LogP contribution in [0, 0.1) is 0 Å². The number of hydrogen-bond acceptors (Lipinski definition) is 4. The highest BCUT2D eigenvalue weighted by Crippen LogP contribution is 2.23. The Kier molecular flexibility index (Phi) is 1.95. The van der Waals surface area contributed by atoms with Gasteiger partial charge in [-0.25, -0.2) is 4.98 Å². The summed E-state index contributed by atoms with van der Waals surface area (Å²) in [6.07, 6.45) is 1.86. The van der Waals surface area contributed by atoms with E-state index in [1.54, 1.807) is 0 Å². The highest BCUT2D eigenvalue weighted by Gasteiger charge is 2.22. The average Bonchev–Trinajstić information content (AvgIpc) is 2.53. The van der Waals surface area contributed by atoms with Crippen molar-refractivity contribution in [3.63, 3.8) is 0 Å². The van der Waals surface area contributed by atoms with Gasteiger partial charge in [0.25, 0.3) is 5.91 Å². The summed E-state index contributed by atoms with van der Waals surface area (Å²) in [5.74, 6) is 1.10. The number of thioether (sulfide) groups is 1. The zero-order chi connectivity index (χ0) is 9.42. The Labute approximate surface area is 80.0 Å². The van der Waals surface area contributed by atoms with Crippen molar-refractivity contribution < 1.29 is 4.79 Å². The fourth-order valence-electron chi connectivity index (χ4n) is 1.08. The van der Waals surface area contributed by atoms with E-state index >= 15 is 0 Å². The molecule has 0 N–H and O–H groups in total. The Morgan fingerprint density at radius 1 is 1.62 bits per heavy atom. The van der Waals surface area contributed by atoms with Crippen molar-refractivity contribution >= 4 is 23.7 Å². The van der Waals surface area contributed by atoms with Crippen molar-refractivity contribution in [3.8, 4) is 0 Å². The zero-order valence-electron chi connectivity index (χ0n) is 7.44. The molecule has 0 unspecified atom stereocenters. The molecule has 5 heteroatoms. The van der Waals surface area contributed by atoms with E-state index in [9.17, 15) is 4.79 Å². The van der Waals surface area contributed by atoms with Gasteiger partial charge in [-0.3, -0.25) is 4.79 Å². The number of fused-ring (bicyclic) bond motifs is 1. The first-order chi connectivity index (χ1) is 6.16. The van der Waals surface area contributed by atoms with E-state index in [0.29, 0.717) is 16.7 Å². The number of rotatable bonds is 1. The molecule has 0 aromatic carbocycles. The minimum absolute atomic E-state index is 0.0147. The fourth-order valence-corrected chi connectivity index (χ4v) is 1.87. The Balaban J connectivity index is 2.39. The van der Waals surface area contributed by atoms with Gasteiger partial charge in [-0.2, -0.15) is 4.68 Å². The lowest BCUT2D eigenvalue weighted by Crippen LogP contribution is -2.08. The van der Waals surface area contributed by atoms with Crippen molar-refractivity contribution in [2.45, 2.75) is 19.0 Å². The Hall–Kier alpha value is -1.10. The summed E-state index contributed by atoms with van der Waals surface area (Å²) in [5.41, 5.74) is 1.13. The van der Waals surface area contributed by atoms with Crippen LogP contribution in [0.25, 0.3) is 6.08 Å². The van der Waals surface area contributed by atoms with E-state index < -0.39 is 0 Å². The van der Waals surface area contributed by atoms with Gasteiger partial charge in [0.1, 0.15) is 0 Å². The van der Waals surface area contributed by atoms with Crippen LogP contribution in [0.3, 0.4) is 0 Å². The molecule has 0 aliphatic carbocycles. The van der Waals surface area contributed by atoms with Gasteiger partial charge in [0.15, 0.2) is 11.0 Å². The third-order valence-corrected chi connectivity index (χ3v) is 2.49. The van der Waals surface area contributed by atoms with Crippen LogP contribution in [-0.2, 0) is 0 Å². The van der Waals surface area contributed by atoms with Crippen LogP contribution in [0.1, 0.15) is 24.5 Å². The molecule has 1 aliphatic heterocycles. The molecular weight excluding hydrogens is 186 g/mol. The smallest absolute Gasteiger partial charge is 0.259 e. The number of allylic oxidation sites excluding steroid dienone is 1. The second-order valence-corrected chi connectivity index (χ2v) is 4.01. The van der Waals surface area contributed by atoms with E-state index in [4.69, 9.17) is 0 Å². The van der Waals surface area contributed by atoms with Gasteiger partial charge in [0, 0.05) is 0 Å². The predicted octanol–water partition coefficient (Wildman–Crippen LogP) is 1.45. The highest BCUT2D eigenvalue weighted by atomic mass is 32.2. The molecule has 1 aliphatic rings. The summed E-state index contributed by atoms with van der Waals surface area (Å²) < 4.78 is 1.37. The predicted molar refractivity (Wildman–Crippen MR) is 50.7 cm³/mol. The van der Waals surface area contributed by atoms with E-state index in [0.717, 1.165) is 5.57 Å². The number of carbonyl (C=O) groups is 1. The highest BCUT2D eigenvalue weighted by molar-refractivity contribution is 8.00. The van der Waals surface area contributed by atoms with Gasteiger partial charge in [-0.1, -0.05) is 17.3 Å². The third-order valence-electron chi connectivity index (χ3n) is 1.57. The third kappa shape index (κ3) is 1.51. The molecule has 0 fully saturated rings. The largest absolute Gasteiger partial charge is 0.271 e. The monoisotopic (exact) mass is 195 g/mol. The molecule has 0 saturated heterocycles. The van der Waals surface area contributed by atoms with Crippen LogP contribution >= 0.6 is 11.8 Å². The molecule has 0 bridgehead atoms. The van der Waals surface area contributed by atoms with Crippen LogP contribution in [0.5, 0.6) is 0 Å². The molecule has 68 valence electrons. The van der Waals surface area contributed by atoms with Gasteiger partial charge < -0.3 is 0 Å². The normalized spacial score (nSPS) is 14.5. The van der Waals surface area contributed by atoms with Gasteiger partial charge >= 0.3 is 0 Å². The first-order valence-corrected chi connectivity index (χ1v) is 4.93. The molecule has 0 radical (unpaired) electrons. The number of aromatic nitrogens is 3. The quantitative estimate of drug-likeness (QED) is 0.680. The Bertz CT molecular complexity index is 390. The number of carbonyl (C=O) groups excluding carboxylic acids is 1. The van der Waals surface area contributed by atoms with Crippen LogP contribution in [-0.4, -0.2) is 26.4 Å². The fraction of sp³-hybridized carbons (Fsp3) is 0.375. The lowest BCUT2D eigenvalue weighted by atomic mass is 10.3. The SMILES string of the molecule is CC(C)=Cc1nc2n(n1)C(=O)CS2. The van der Waals surface area contributed by atoms with Crippen molar-refractivity contribution in [1.82, 2.24) is 14.8 Å². The van der Waals surface area contributed by atoms with Gasteiger partial charge in [-0.05, 0) is 19.9 Å². The van der Waals surface area contributed by atoms with Gasteiger partial charge in [0.05, 0.1) is 5.75 Å². The van der Waals surface area contributed by atoms with E-state index in [1.807, 2.05) is 19.9 Å². The molecule has 0 amide bonds. The van der Waals surface area contributed by atoms with Crippen LogP contribution in [0.2, 0.25) is 0 Å². The molecule has 0 atom stereocenters.